The molecular weight excluding hydrogens is 318 g/mol. The minimum Gasteiger partial charge on any atom is -0.392 e. The maximum Gasteiger partial charge on any atom is 0.244 e. The van der Waals surface area contributed by atoms with Gasteiger partial charge in [-0.05, 0) is 6.42 Å². The van der Waals surface area contributed by atoms with E-state index in [0.29, 0.717) is 31.2 Å². The normalized spacial score (nSPS) is 21.0. The van der Waals surface area contributed by atoms with Crippen LogP contribution in [0.5, 0.6) is 0 Å². The van der Waals surface area contributed by atoms with Gasteiger partial charge in [-0.25, -0.2) is 4.98 Å². The number of aromatic nitrogens is 4. The Morgan fingerprint density at radius 3 is 2.92 bits per heavy atom. The van der Waals surface area contributed by atoms with Crippen LogP contribution in [0.4, 0.5) is 0 Å². The van der Waals surface area contributed by atoms with E-state index in [-0.39, 0.29) is 6.04 Å². The Balaban J connectivity index is 1.52. The second-order valence-electron chi connectivity index (χ2n) is 6.36. The van der Waals surface area contributed by atoms with Crippen LogP contribution in [0, 0.1) is 0 Å². The molecule has 130 valence electrons. The van der Waals surface area contributed by atoms with Gasteiger partial charge >= 0.3 is 0 Å². The quantitative estimate of drug-likeness (QED) is 0.741. The summed E-state index contributed by atoms with van der Waals surface area (Å²) in [4.78, 5) is 14.4. The van der Waals surface area contributed by atoms with Gasteiger partial charge in [0.15, 0.2) is 5.82 Å². The van der Waals surface area contributed by atoms with Crippen molar-refractivity contribution in [2.45, 2.75) is 38.5 Å². The van der Waals surface area contributed by atoms with E-state index in [9.17, 15) is 5.11 Å². The highest BCUT2D eigenvalue weighted by Gasteiger charge is 2.36. The van der Waals surface area contributed by atoms with Crippen LogP contribution in [0.1, 0.15) is 36.8 Å². The second kappa shape index (κ2) is 6.78. The van der Waals surface area contributed by atoms with E-state index in [1.807, 2.05) is 43.5 Å². The van der Waals surface area contributed by atoms with Crippen molar-refractivity contribution < 1.29 is 9.63 Å². The summed E-state index contributed by atoms with van der Waals surface area (Å²) >= 11 is 0. The number of aryl methyl sites for hydroxylation is 1. The predicted octanol–water partition coefficient (Wildman–Crippen LogP) is 2.33. The average molecular weight is 339 g/mol. The maximum absolute atomic E-state index is 10.1. The topological polar surface area (TPSA) is 91.1 Å². The Kier molecular flexibility index (Phi) is 4.33. The molecule has 4 rings (SSSR count). The first kappa shape index (κ1) is 16.0. The molecule has 0 spiro atoms. The largest absolute Gasteiger partial charge is 0.392 e. The average Bonchev–Trinajstić information content (AvgIpc) is 3.36. The monoisotopic (exact) mass is 339 g/mol. The summed E-state index contributed by atoms with van der Waals surface area (Å²) in [6.07, 6.45) is 2.79. The molecule has 1 fully saturated rings. The Hall–Kier alpha value is -2.51. The van der Waals surface area contributed by atoms with Crippen molar-refractivity contribution in [3.05, 3.63) is 53.9 Å². The smallest absolute Gasteiger partial charge is 0.244 e. The van der Waals surface area contributed by atoms with Crippen molar-refractivity contribution in [3.8, 4) is 11.4 Å². The highest BCUT2D eigenvalue weighted by Crippen LogP contribution is 2.32. The van der Waals surface area contributed by atoms with Crippen LogP contribution < -0.4 is 0 Å². The molecule has 3 aromatic rings. The molecule has 0 amide bonds. The van der Waals surface area contributed by atoms with Crippen molar-refractivity contribution in [1.29, 1.82) is 0 Å². The number of hydrogen-bond acceptors (Lipinski definition) is 6. The number of imidazole rings is 1. The van der Waals surface area contributed by atoms with Crippen LogP contribution in [0.3, 0.4) is 0 Å². The number of aromatic amines is 1. The molecule has 0 radical (unpaired) electrons. The number of aliphatic hydroxyl groups is 1. The highest BCUT2D eigenvalue weighted by molar-refractivity contribution is 5.54. The lowest BCUT2D eigenvalue weighted by Crippen LogP contribution is -2.24. The van der Waals surface area contributed by atoms with Gasteiger partial charge in [0.2, 0.25) is 5.89 Å². The number of H-pyrrole nitrogens is 1. The summed E-state index contributed by atoms with van der Waals surface area (Å²) in [5.41, 5.74) is 2.05. The van der Waals surface area contributed by atoms with Gasteiger partial charge in [-0.15, -0.1) is 0 Å². The van der Waals surface area contributed by atoms with Crippen LogP contribution >= 0.6 is 0 Å². The molecule has 0 aliphatic carbocycles. The van der Waals surface area contributed by atoms with E-state index in [1.54, 1.807) is 0 Å². The number of hydrogen-bond donors (Lipinski definition) is 2. The molecule has 2 N–H and O–H groups in total. The van der Waals surface area contributed by atoms with Crippen LogP contribution in [-0.2, 0) is 13.0 Å². The minimum atomic E-state index is -0.390. The third-order valence-corrected chi connectivity index (χ3v) is 4.52. The first-order valence-electron chi connectivity index (χ1n) is 8.57. The fourth-order valence-corrected chi connectivity index (χ4v) is 3.26. The number of aliphatic hydroxyl groups excluding tert-OH is 1. The van der Waals surface area contributed by atoms with E-state index in [4.69, 9.17) is 4.52 Å². The highest BCUT2D eigenvalue weighted by atomic mass is 16.5. The molecule has 25 heavy (non-hydrogen) atoms. The van der Waals surface area contributed by atoms with Gasteiger partial charge in [0.05, 0.1) is 12.1 Å². The lowest BCUT2D eigenvalue weighted by atomic mass is 10.2. The molecule has 1 aromatic carbocycles. The molecule has 0 unspecified atom stereocenters. The number of nitrogens with zero attached hydrogens (tertiary/aromatic N) is 4. The van der Waals surface area contributed by atoms with Crippen LogP contribution in [0.2, 0.25) is 0 Å². The molecule has 1 saturated heterocycles. The molecule has 7 nitrogen and oxygen atoms in total. The Morgan fingerprint density at radius 1 is 1.32 bits per heavy atom. The summed E-state index contributed by atoms with van der Waals surface area (Å²) in [6, 6.07) is 9.95. The van der Waals surface area contributed by atoms with Gasteiger partial charge in [0.25, 0.3) is 0 Å². The van der Waals surface area contributed by atoms with Crippen molar-refractivity contribution in [1.82, 2.24) is 25.0 Å². The van der Waals surface area contributed by atoms with Gasteiger partial charge in [-0.2, -0.15) is 4.98 Å². The molecular formula is C18H21N5O2. The summed E-state index contributed by atoms with van der Waals surface area (Å²) in [5.74, 6) is 2.12. The van der Waals surface area contributed by atoms with Crippen LogP contribution in [0.25, 0.3) is 11.4 Å². The Bertz CT molecular complexity index is 829. The summed E-state index contributed by atoms with van der Waals surface area (Å²) in [7, 11) is 0. The zero-order valence-electron chi connectivity index (χ0n) is 14.1. The summed E-state index contributed by atoms with van der Waals surface area (Å²) in [6.45, 7) is 3.21. The molecule has 7 heteroatoms. The predicted molar refractivity (Wildman–Crippen MR) is 91.5 cm³/mol. The van der Waals surface area contributed by atoms with Crippen molar-refractivity contribution in [2.24, 2.45) is 0 Å². The molecule has 3 heterocycles. The summed E-state index contributed by atoms with van der Waals surface area (Å²) in [5, 5.41) is 14.1. The molecule has 2 atom stereocenters. The SMILES string of the molecule is CCc1noc([C@H]2C[C@H](O)CN2Cc2cnc(-c3ccccc3)[nH]2)n1. The lowest BCUT2D eigenvalue weighted by molar-refractivity contribution is 0.168. The van der Waals surface area contributed by atoms with Gasteiger partial charge in [0, 0.05) is 37.0 Å². The van der Waals surface area contributed by atoms with Crippen molar-refractivity contribution >= 4 is 0 Å². The summed E-state index contributed by atoms with van der Waals surface area (Å²) < 4.78 is 5.39. The van der Waals surface area contributed by atoms with Gasteiger partial charge in [0.1, 0.15) is 5.82 Å². The van der Waals surface area contributed by atoms with E-state index < -0.39 is 6.10 Å². The van der Waals surface area contributed by atoms with Gasteiger partial charge < -0.3 is 14.6 Å². The molecule has 0 bridgehead atoms. The van der Waals surface area contributed by atoms with Crippen molar-refractivity contribution in [2.75, 3.05) is 6.54 Å². The van der Waals surface area contributed by atoms with Crippen LogP contribution in [-0.4, -0.2) is 42.8 Å². The van der Waals surface area contributed by atoms with Crippen LogP contribution in [0.15, 0.2) is 41.1 Å². The third-order valence-electron chi connectivity index (χ3n) is 4.52. The molecule has 2 aromatic heterocycles. The second-order valence-corrected chi connectivity index (χ2v) is 6.36. The molecule has 1 aliphatic heterocycles. The number of β-amino-alcohol motifs (C(OH)–C–C–N with tert-alkyl or cyclic N) is 1. The lowest BCUT2D eigenvalue weighted by Gasteiger charge is -2.20. The van der Waals surface area contributed by atoms with E-state index in [0.717, 1.165) is 23.5 Å². The first-order valence-corrected chi connectivity index (χ1v) is 8.57. The van der Waals surface area contributed by atoms with Gasteiger partial charge in [-0.1, -0.05) is 42.4 Å². The maximum atomic E-state index is 10.1. The third kappa shape index (κ3) is 3.33. The number of likely N-dealkylation sites (tertiary alicyclic amines) is 1. The first-order chi connectivity index (χ1) is 12.2. The number of nitrogens with one attached hydrogen (secondary N) is 1. The molecule has 0 saturated carbocycles. The number of benzene rings is 1. The van der Waals surface area contributed by atoms with E-state index in [2.05, 4.69) is 25.0 Å². The van der Waals surface area contributed by atoms with Gasteiger partial charge in [-0.3, -0.25) is 4.90 Å². The van der Waals surface area contributed by atoms with E-state index in [1.165, 1.54) is 0 Å². The molecule has 1 aliphatic rings. The van der Waals surface area contributed by atoms with Crippen molar-refractivity contribution in [3.63, 3.8) is 0 Å². The number of rotatable bonds is 5. The zero-order valence-corrected chi connectivity index (χ0v) is 14.1. The fourth-order valence-electron chi connectivity index (χ4n) is 3.26. The Labute approximate surface area is 145 Å². The zero-order chi connectivity index (χ0) is 17.2. The minimum absolute atomic E-state index is 0.0636. The standard InChI is InChI=1S/C18H21N5O2/c1-2-16-21-18(25-22-16)15-8-14(24)11-23(15)10-13-9-19-17(20-13)12-6-4-3-5-7-12/h3-7,9,14-15,24H,2,8,10-11H2,1H3,(H,19,20)/t14-,15+/m0/s1. The fraction of sp³-hybridized carbons (Fsp3) is 0.389. The Morgan fingerprint density at radius 2 is 2.16 bits per heavy atom. The van der Waals surface area contributed by atoms with E-state index >= 15 is 0 Å².